The van der Waals surface area contributed by atoms with Crippen molar-refractivity contribution in [3.05, 3.63) is 41.7 Å². The van der Waals surface area contributed by atoms with Gasteiger partial charge >= 0.3 is 0 Å². The Labute approximate surface area is 107 Å². The second-order valence-electron chi connectivity index (χ2n) is 4.64. The maximum absolute atomic E-state index is 13.2. The van der Waals surface area contributed by atoms with Gasteiger partial charge in [-0.3, -0.25) is 0 Å². The molecule has 1 fully saturated rings. The summed E-state index contributed by atoms with van der Waals surface area (Å²) in [5, 5.41) is 8.78. The van der Waals surface area contributed by atoms with Gasteiger partial charge in [0.25, 0.3) is 0 Å². The predicted molar refractivity (Wildman–Crippen MR) is 69.4 cm³/mol. The number of hydrogen-bond acceptors (Lipinski definition) is 2. The van der Waals surface area contributed by atoms with E-state index in [0.29, 0.717) is 12.5 Å². The van der Waals surface area contributed by atoms with Crippen molar-refractivity contribution in [2.75, 3.05) is 13.2 Å². The minimum atomic E-state index is -0.514. The lowest BCUT2D eigenvalue weighted by molar-refractivity contribution is 0.296. The number of rotatable bonds is 6. The Morgan fingerprint density at radius 3 is 2.61 bits per heavy atom. The van der Waals surface area contributed by atoms with Crippen molar-refractivity contribution in [3.63, 3.8) is 0 Å². The first-order valence-corrected chi connectivity index (χ1v) is 6.44. The van der Waals surface area contributed by atoms with Crippen molar-refractivity contribution in [2.45, 2.75) is 25.7 Å². The molecule has 0 amide bonds. The van der Waals surface area contributed by atoms with Crippen molar-refractivity contribution >= 4 is 0 Å². The molecule has 1 aliphatic carbocycles. The van der Waals surface area contributed by atoms with E-state index < -0.39 is 12.4 Å². The Morgan fingerprint density at radius 1 is 1.44 bits per heavy atom. The van der Waals surface area contributed by atoms with E-state index in [9.17, 15) is 4.39 Å². The zero-order valence-electron chi connectivity index (χ0n) is 10.6. The topological polar surface area (TPSA) is 29.5 Å². The molecule has 1 unspecified atom stereocenters. The van der Waals surface area contributed by atoms with Crippen LogP contribution in [0.15, 0.2) is 36.2 Å². The lowest BCUT2D eigenvalue weighted by Crippen LogP contribution is -2.00. The minimum Gasteiger partial charge on any atom is -0.494 e. The molecule has 1 aromatic rings. The summed E-state index contributed by atoms with van der Waals surface area (Å²) in [7, 11) is 0. The van der Waals surface area contributed by atoms with Crippen LogP contribution in [0.2, 0.25) is 0 Å². The van der Waals surface area contributed by atoms with Gasteiger partial charge in [0, 0.05) is 5.92 Å². The van der Waals surface area contributed by atoms with Crippen molar-refractivity contribution < 1.29 is 14.2 Å². The summed E-state index contributed by atoms with van der Waals surface area (Å²) < 4.78 is 18.6. The van der Waals surface area contributed by atoms with E-state index in [4.69, 9.17) is 9.84 Å². The molecule has 0 saturated heterocycles. The summed E-state index contributed by atoms with van der Waals surface area (Å²) in [6, 6.07) is 7.79. The number of aliphatic hydroxyl groups excluding tert-OH is 1. The third kappa shape index (κ3) is 3.33. The first-order valence-electron chi connectivity index (χ1n) is 6.44. The third-order valence-electron chi connectivity index (χ3n) is 3.22. The zero-order valence-corrected chi connectivity index (χ0v) is 10.6. The van der Waals surface area contributed by atoms with Crippen LogP contribution in [-0.2, 0) is 0 Å². The molecule has 1 aromatic carbocycles. The van der Waals surface area contributed by atoms with Crippen LogP contribution in [-0.4, -0.2) is 18.3 Å². The smallest absolute Gasteiger partial charge is 0.122 e. The van der Waals surface area contributed by atoms with Gasteiger partial charge in [-0.2, -0.15) is 0 Å². The first kappa shape index (κ1) is 13.1. The SMILES string of the molecule is CCOc1ccc(C(/C=C(\F)CO)C2CC2)cc1. The van der Waals surface area contributed by atoms with Crippen LogP contribution in [0.25, 0.3) is 0 Å². The molecule has 0 bridgehead atoms. The standard InChI is InChI=1S/C15H19FO2/c1-2-18-14-7-5-12(6-8-14)15(11-3-4-11)9-13(16)10-17/h5-9,11,15,17H,2-4,10H2,1H3/b13-9-. The molecule has 98 valence electrons. The molecule has 2 rings (SSSR count). The van der Waals surface area contributed by atoms with E-state index >= 15 is 0 Å². The van der Waals surface area contributed by atoms with E-state index in [1.807, 2.05) is 31.2 Å². The third-order valence-corrected chi connectivity index (χ3v) is 3.22. The molecule has 18 heavy (non-hydrogen) atoms. The minimum absolute atomic E-state index is 0.0767. The summed E-state index contributed by atoms with van der Waals surface area (Å²) in [6.45, 7) is 2.07. The molecule has 1 saturated carbocycles. The van der Waals surface area contributed by atoms with E-state index in [1.54, 1.807) is 6.08 Å². The molecular weight excluding hydrogens is 231 g/mol. The number of aliphatic hydroxyl groups is 1. The van der Waals surface area contributed by atoms with Crippen LogP contribution in [0, 0.1) is 5.92 Å². The van der Waals surface area contributed by atoms with Gasteiger partial charge in [-0.15, -0.1) is 0 Å². The van der Waals surface area contributed by atoms with E-state index in [-0.39, 0.29) is 5.92 Å². The molecule has 3 heteroatoms. The Hall–Kier alpha value is -1.35. The molecule has 2 nitrogen and oxygen atoms in total. The highest BCUT2D eigenvalue weighted by molar-refractivity contribution is 5.33. The molecule has 0 radical (unpaired) electrons. The van der Waals surface area contributed by atoms with Gasteiger partial charge in [0.1, 0.15) is 11.6 Å². The van der Waals surface area contributed by atoms with Gasteiger partial charge in [-0.25, -0.2) is 4.39 Å². The second kappa shape index (κ2) is 6.01. The number of benzene rings is 1. The summed E-state index contributed by atoms with van der Waals surface area (Å²) in [4.78, 5) is 0. The summed E-state index contributed by atoms with van der Waals surface area (Å²) in [6.07, 6.45) is 3.81. The van der Waals surface area contributed by atoms with Crippen molar-refractivity contribution in [3.8, 4) is 5.75 Å². The Balaban J connectivity index is 2.15. The van der Waals surface area contributed by atoms with Gasteiger partial charge in [-0.05, 0) is 49.5 Å². The molecule has 0 aliphatic heterocycles. The Morgan fingerprint density at radius 2 is 2.11 bits per heavy atom. The average Bonchev–Trinajstić information content (AvgIpc) is 3.21. The van der Waals surface area contributed by atoms with Crippen LogP contribution in [0.4, 0.5) is 4.39 Å². The van der Waals surface area contributed by atoms with Crippen molar-refractivity contribution in [2.24, 2.45) is 5.92 Å². The Kier molecular flexibility index (Phi) is 4.37. The molecule has 1 N–H and O–H groups in total. The van der Waals surface area contributed by atoms with Crippen LogP contribution < -0.4 is 4.74 Å². The summed E-state index contributed by atoms with van der Waals surface area (Å²) in [5.74, 6) is 0.983. The predicted octanol–water partition coefficient (Wildman–Crippen LogP) is 3.42. The lowest BCUT2D eigenvalue weighted by Gasteiger charge is -2.13. The fourth-order valence-corrected chi connectivity index (χ4v) is 2.16. The maximum atomic E-state index is 13.2. The first-order chi connectivity index (χ1) is 8.74. The largest absolute Gasteiger partial charge is 0.494 e. The van der Waals surface area contributed by atoms with Crippen LogP contribution >= 0.6 is 0 Å². The second-order valence-corrected chi connectivity index (χ2v) is 4.64. The fraction of sp³-hybridized carbons (Fsp3) is 0.467. The highest BCUT2D eigenvalue weighted by atomic mass is 19.1. The Bertz CT molecular complexity index is 407. The maximum Gasteiger partial charge on any atom is 0.122 e. The molecule has 1 atom stereocenters. The molecule has 0 heterocycles. The number of allylic oxidation sites excluding steroid dienone is 1. The fourth-order valence-electron chi connectivity index (χ4n) is 2.16. The van der Waals surface area contributed by atoms with Gasteiger partial charge in [0.05, 0.1) is 13.2 Å². The highest BCUT2D eigenvalue weighted by Gasteiger charge is 2.31. The average molecular weight is 250 g/mol. The van der Waals surface area contributed by atoms with E-state index in [2.05, 4.69) is 0 Å². The van der Waals surface area contributed by atoms with Crippen LogP contribution in [0.1, 0.15) is 31.2 Å². The van der Waals surface area contributed by atoms with Gasteiger partial charge in [0.2, 0.25) is 0 Å². The summed E-state index contributed by atoms with van der Waals surface area (Å²) in [5.41, 5.74) is 1.09. The van der Waals surface area contributed by atoms with Crippen molar-refractivity contribution in [1.29, 1.82) is 0 Å². The number of halogens is 1. The molecule has 0 aromatic heterocycles. The van der Waals surface area contributed by atoms with E-state index in [0.717, 1.165) is 24.2 Å². The zero-order chi connectivity index (χ0) is 13.0. The van der Waals surface area contributed by atoms with E-state index in [1.165, 1.54) is 0 Å². The van der Waals surface area contributed by atoms with Gasteiger partial charge in [0.15, 0.2) is 0 Å². The number of ether oxygens (including phenoxy) is 1. The highest BCUT2D eigenvalue weighted by Crippen LogP contribution is 2.44. The molecule has 1 aliphatic rings. The normalized spacial score (nSPS) is 17.6. The van der Waals surface area contributed by atoms with Gasteiger partial charge in [-0.1, -0.05) is 12.1 Å². The van der Waals surface area contributed by atoms with Crippen molar-refractivity contribution in [1.82, 2.24) is 0 Å². The lowest BCUT2D eigenvalue weighted by atomic mass is 9.93. The molecule has 0 spiro atoms. The van der Waals surface area contributed by atoms with Crippen LogP contribution in [0.3, 0.4) is 0 Å². The monoisotopic (exact) mass is 250 g/mol. The van der Waals surface area contributed by atoms with Crippen LogP contribution in [0.5, 0.6) is 5.75 Å². The summed E-state index contributed by atoms with van der Waals surface area (Å²) >= 11 is 0. The quantitative estimate of drug-likeness (QED) is 0.838. The number of hydrogen-bond donors (Lipinski definition) is 1. The molecular formula is C15H19FO2. The van der Waals surface area contributed by atoms with Gasteiger partial charge < -0.3 is 9.84 Å².